The van der Waals surface area contributed by atoms with Crippen molar-refractivity contribution in [3.63, 3.8) is 0 Å². The number of aromatic nitrogens is 1. The van der Waals surface area contributed by atoms with Crippen molar-refractivity contribution in [1.82, 2.24) is 4.57 Å². The van der Waals surface area contributed by atoms with Crippen LogP contribution in [0.3, 0.4) is 0 Å². The first-order valence-corrected chi connectivity index (χ1v) is 7.57. The highest BCUT2D eigenvalue weighted by molar-refractivity contribution is 5.82. The summed E-state index contributed by atoms with van der Waals surface area (Å²) in [5, 5.41) is 1.26. The molecule has 0 saturated carbocycles. The van der Waals surface area contributed by atoms with Gasteiger partial charge in [0.25, 0.3) is 0 Å². The minimum Gasteiger partial charge on any atom is -0.497 e. The van der Waals surface area contributed by atoms with E-state index in [1.54, 1.807) is 7.11 Å². The molecule has 0 N–H and O–H groups in total. The molecule has 0 aliphatic heterocycles. The minimum absolute atomic E-state index is 0.550. The molecule has 0 atom stereocenters. The van der Waals surface area contributed by atoms with E-state index in [4.69, 9.17) is 9.47 Å². The molecule has 114 valence electrons. The van der Waals surface area contributed by atoms with Gasteiger partial charge in [0.2, 0.25) is 0 Å². The lowest BCUT2D eigenvalue weighted by Crippen LogP contribution is -2.04. The Kier molecular flexibility index (Phi) is 4.05. The molecule has 0 saturated heterocycles. The fourth-order valence-corrected chi connectivity index (χ4v) is 2.76. The van der Waals surface area contributed by atoms with E-state index in [-0.39, 0.29) is 0 Å². The summed E-state index contributed by atoms with van der Waals surface area (Å²) in [7, 11) is 1.66. The standard InChI is InChI=1S/C19H21NO2/c1-4-20-16(11-15-9-8-14(2)10-19(15)20)13-22-18-7-5-6-17(12-18)21-3/h5-12H,4,13H2,1-3H3. The van der Waals surface area contributed by atoms with Gasteiger partial charge in [-0.15, -0.1) is 0 Å². The van der Waals surface area contributed by atoms with Gasteiger partial charge in [-0.2, -0.15) is 0 Å². The van der Waals surface area contributed by atoms with E-state index in [2.05, 4.69) is 42.7 Å². The zero-order valence-corrected chi connectivity index (χ0v) is 13.3. The van der Waals surface area contributed by atoms with Gasteiger partial charge in [0.1, 0.15) is 18.1 Å². The summed E-state index contributed by atoms with van der Waals surface area (Å²) >= 11 is 0. The maximum absolute atomic E-state index is 5.94. The average Bonchev–Trinajstić information content (AvgIpc) is 2.89. The first-order chi connectivity index (χ1) is 10.7. The number of hydrogen-bond donors (Lipinski definition) is 0. The van der Waals surface area contributed by atoms with E-state index >= 15 is 0 Å². The topological polar surface area (TPSA) is 23.4 Å². The normalized spacial score (nSPS) is 10.9. The molecule has 0 spiro atoms. The summed E-state index contributed by atoms with van der Waals surface area (Å²) in [6.45, 7) is 5.77. The van der Waals surface area contributed by atoms with Gasteiger partial charge < -0.3 is 14.0 Å². The number of rotatable bonds is 5. The van der Waals surface area contributed by atoms with Gasteiger partial charge in [0.05, 0.1) is 12.8 Å². The maximum atomic E-state index is 5.94. The zero-order chi connectivity index (χ0) is 15.5. The SMILES string of the molecule is CCn1c(COc2cccc(OC)c2)cc2ccc(C)cc21. The van der Waals surface area contributed by atoms with Crippen LogP contribution in [0.2, 0.25) is 0 Å². The Morgan fingerprint density at radius 1 is 1.00 bits per heavy atom. The zero-order valence-electron chi connectivity index (χ0n) is 13.3. The molecule has 0 radical (unpaired) electrons. The lowest BCUT2D eigenvalue weighted by Gasteiger charge is -2.10. The molecule has 1 heterocycles. The summed E-state index contributed by atoms with van der Waals surface area (Å²) in [5.74, 6) is 1.63. The van der Waals surface area contributed by atoms with Gasteiger partial charge in [-0.05, 0) is 43.7 Å². The summed E-state index contributed by atoms with van der Waals surface area (Å²) in [6.07, 6.45) is 0. The van der Waals surface area contributed by atoms with Gasteiger partial charge in [0.15, 0.2) is 0 Å². The van der Waals surface area contributed by atoms with E-state index in [0.717, 1.165) is 18.0 Å². The van der Waals surface area contributed by atoms with E-state index in [9.17, 15) is 0 Å². The number of benzene rings is 2. The second kappa shape index (κ2) is 6.14. The number of nitrogens with zero attached hydrogens (tertiary/aromatic N) is 1. The lowest BCUT2D eigenvalue weighted by molar-refractivity contribution is 0.294. The average molecular weight is 295 g/mol. The van der Waals surface area contributed by atoms with E-state index in [1.807, 2.05) is 24.3 Å². The summed E-state index contributed by atoms with van der Waals surface area (Å²) in [5.41, 5.74) is 3.73. The second-order valence-corrected chi connectivity index (χ2v) is 5.41. The van der Waals surface area contributed by atoms with Crippen molar-refractivity contribution in [3.05, 3.63) is 59.8 Å². The number of aryl methyl sites for hydroxylation is 2. The van der Waals surface area contributed by atoms with Crippen molar-refractivity contribution in [2.24, 2.45) is 0 Å². The highest BCUT2D eigenvalue weighted by Gasteiger charge is 2.08. The molecule has 3 rings (SSSR count). The molecule has 22 heavy (non-hydrogen) atoms. The number of ether oxygens (including phenoxy) is 2. The summed E-state index contributed by atoms with van der Waals surface area (Å²) in [4.78, 5) is 0. The Labute approximate surface area is 131 Å². The van der Waals surface area contributed by atoms with E-state index in [0.29, 0.717) is 6.61 Å². The molecule has 3 nitrogen and oxygen atoms in total. The fourth-order valence-electron chi connectivity index (χ4n) is 2.76. The van der Waals surface area contributed by atoms with Crippen LogP contribution in [-0.4, -0.2) is 11.7 Å². The first-order valence-electron chi connectivity index (χ1n) is 7.57. The number of methoxy groups -OCH3 is 1. The Morgan fingerprint density at radius 3 is 2.59 bits per heavy atom. The Balaban J connectivity index is 1.87. The van der Waals surface area contributed by atoms with Crippen LogP contribution in [0.4, 0.5) is 0 Å². The van der Waals surface area contributed by atoms with Crippen LogP contribution in [0, 0.1) is 6.92 Å². The van der Waals surface area contributed by atoms with Crippen molar-refractivity contribution in [2.45, 2.75) is 27.0 Å². The Morgan fingerprint density at radius 2 is 1.82 bits per heavy atom. The van der Waals surface area contributed by atoms with Gasteiger partial charge in [-0.3, -0.25) is 0 Å². The third-order valence-electron chi connectivity index (χ3n) is 3.89. The van der Waals surface area contributed by atoms with Gasteiger partial charge in [-0.25, -0.2) is 0 Å². The predicted octanol–water partition coefficient (Wildman–Crippen LogP) is 4.56. The van der Waals surface area contributed by atoms with Crippen molar-refractivity contribution < 1.29 is 9.47 Å². The van der Waals surface area contributed by atoms with Crippen LogP contribution in [0.5, 0.6) is 11.5 Å². The summed E-state index contributed by atoms with van der Waals surface area (Å²) in [6, 6.07) is 16.5. The fraction of sp³-hybridized carbons (Fsp3) is 0.263. The van der Waals surface area contributed by atoms with Crippen LogP contribution in [-0.2, 0) is 13.2 Å². The molecule has 0 fully saturated rings. The van der Waals surface area contributed by atoms with Crippen molar-refractivity contribution >= 4 is 10.9 Å². The molecule has 3 heteroatoms. The Bertz CT molecular complexity index is 789. The molecule has 0 aliphatic rings. The molecule has 0 unspecified atom stereocenters. The largest absolute Gasteiger partial charge is 0.497 e. The van der Waals surface area contributed by atoms with Crippen LogP contribution < -0.4 is 9.47 Å². The maximum Gasteiger partial charge on any atom is 0.128 e. The lowest BCUT2D eigenvalue weighted by atomic mass is 10.2. The van der Waals surface area contributed by atoms with Crippen molar-refractivity contribution in [1.29, 1.82) is 0 Å². The molecular weight excluding hydrogens is 274 g/mol. The van der Waals surface area contributed by atoms with Crippen molar-refractivity contribution in [2.75, 3.05) is 7.11 Å². The minimum atomic E-state index is 0.550. The van der Waals surface area contributed by atoms with Crippen LogP contribution >= 0.6 is 0 Å². The van der Waals surface area contributed by atoms with Gasteiger partial charge in [0, 0.05) is 23.5 Å². The molecule has 0 bridgehead atoms. The molecule has 2 aromatic carbocycles. The van der Waals surface area contributed by atoms with Gasteiger partial charge >= 0.3 is 0 Å². The van der Waals surface area contributed by atoms with Gasteiger partial charge in [-0.1, -0.05) is 18.2 Å². The highest BCUT2D eigenvalue weighted by Crippen LogP contribution is 2.24. The molecule has 0 aliphatic carbocycles. The molecule has 3 aromatic rings. The quantitative estimate of drug-likeness (QED) is 0.689. The third-order valence-corrected chi connectivity index (χ3v) is 3.89. The number of hydrogen-bond acceptors (Lipinski definition) is 2. The number of fused-ring (bicyclic) bond motifs is 1. The van der Waals surface area contributed by atoms with Crippen molar-refractivity contribution in [3.8, 4) is 11.5 Å². The Hall–Kier alpha value is -2.42. The monoisotopic (exact) mass is 295 g/mol. The highest BCUT2D eigenvalue weighted by atomic mass is 16.5. The van der Waals surface area contributed by atoms with Crippen LogP contribution in [0.15, 0.2) is 48.5 Å². The first kappa shape index (κ1) is 14.5. The van der Waals surface area contributed by atoms with Crippen LogP contribution in [0.1, 0.15) is 18.2 Å². The summed E-state index contributed by atoms with van der Waals surface area (Å²) < 4.78 is 13.5. The molecule has 1 aromatic heterocycles. The second-order valence-electron chi connectivity index (χ2n) is 5.41. The van der Waals surface area contributed by atoms with E-state index < -0.39 is 0 Å². The smallest absolute Gasteiger partial charge is 0.128 e. The predicted molar refractivity (Wildman–Crippen MR) is 89.7 cm³/mol. The van der Waals surface area contributed by atoms with Crippen LogP contribution in [0.25, 0.3) is 10.9 Å². The van der Waals surface area contributed by atoms with E-state index in [1.165, 1.54) is 22.2 Å². The molecular formula is C19H21NO2. The third kappa shape index (κ3) is 2.80. The molecule has 0 amide bonds.